The molecule has 98 valence electrons. The van der Waals surface area contributed by atoms with Crippen LogP contribution in [0.1, 0.15) is 22.3 Å². The van der Waals surface area contributed by atoms with Gasteiger partial charge in [-0.1, -0.05) is 0 Å². The monoisotopic (exact) mass is 422 g/mol. The van der Waals surface area contributed by atoms with Crippen LogP contribution < -0.4 is 0 Å². The zero-order valence-corrected chi connectivity index (χ0v) is 15.1. The average molecular weight is 424 g/mol. The molecule has 0 aliphatic heterocycles. The molecule has 20 heavy (non-hydrogen) atoms. The van der Waals surface area contributed by atoms with E-state index < -0.39 is 0 Å². The van der Waals surface area contributed by atoms with E-state index >= 15 is 0 Å². The molecule has 0 saturated carbocycles. The minimum Gasteiger partial charge on any atom is -0.128 e. The molecule has 0 radical (unpaired) electrons. The predicted molar refractivity (Wildman–Crippen MR) is 94.1 cm³/mol. The van der Waals surface area contributed by atoms with E-state index in [1.54, 1.807) is 0 Å². The van der Waals surface area contributed by atoms with E-state index in [4.69, 9.17) is 0 Å². The third-order valence-corrected chi connectivity index (χ3v) is 7.57. The Morgan fingerprint density at radius 2 is 1.10 bits per heavy atom. The van der Waals surface area contributed by atoms with E-state index in [-0.39, 0.29) is 0 Å². The highest BCUT2D eigenvalue weighted by atomic mass is 79.9. The highest BCUT2D eigenvalue weighted by molar-refractivity contribution is 9.11. The van der Waals surface area contributed by atoms with Gasteiger partial charge >= 0.3 is 0 Å². The van der Waals surface area contributed by atoms with Crippen molar-refractivity contribution in [1.82, 2.24) is 0 Å². The van der Waals surface area contributed by atoms with Crippen LogP contribution in [0, 0.1) is 0 Å². The third-order valence-electron chi connectivity index (χ3n) is 4.14. The quantitative estimate of drug-likeness (QED) is 0.267. The first kappa shape index (κ1) is 12.2. The van der Waals surface area contributed by atoms with Crippen molar-refractivity contribution in [3.63, 3.8) is 0 Å². The largest absolute Gasteiger partial charge is 0.128 e. The molecule has 0 unspecified atom stereocenters. The van der Waals surface area contributed by atoms with E-state index in [2.05, 4.69) is 56.1 Å². The molecule has 0 bridgehead atoms. The van der Waals surface area contributed by atoms with Gasteiger partial charge in [0.15, 0.2) is 0 Å². The van der Waals surface area contributed by atoms with Gasteiger partial charge in [0.1, 0.15) is 0 Å². The van der Waals surface area contributed by atoms with Crippen LogP contribution in [0.15, 0.2) is 31.8 Å². The van der Waals surface area contributed by atoms with Crippen LogP contribution in [0.4, 0.5) is 0 Å². The first-order valence-corrected chi connectivity index (χ1v) is 9.64. The summed E-state index contributed by atoms with van der Waals surface area (Å²) >= 11 is 11.0. The molecule has 2 aliphatic carbocycles. The first-order chi connectivity index (χ1) is 9.69. The second kappa shape index (κ2) is 4.07. The van der Waals surface area contributed by atoms with Gasteiger partial charge in [0.25, 0.3) is 0 Å². The molecule has 3 aromatic rings. The molecule has 0 N–H and O–H groups in total. The van der Waals surface area contributed by atoms with Crippen LogP contribution in [0.25, 0.3) is 20.9 Å². The van der Waals surface area contributed by atoms with Crippen LogP contribution >= 0.6 is 54.5 Å². The summed E-state index contributed by atoms with van der Waals surface area (Å²) in [5.74, 6) is 0. The Labute approximate surface area is 141 Å². The van der Waals surface area contributed by atoms with Crippen LogP contribution in [0.5, 0.6) is 0 Å². The van der Waals surface area contributed by atoms with E-state index in [1.807, 2.05) is 22.7 Å². The normalized spacial score (nSPS) is 14.1. The molecule has 2 aromatic heterocycles. The number of rotatable bonds is 0. The third kappa shape index (κ3) is 1.56. The summed E-state index contributed by atoms with van der Waals surface area (Å²) in [5.41, 5.74) is 8.87. The summed E-state index contributed by atoms with van der Waals surface area (Å²) in [6, 6.07) is 9.41. The van der Waals surface area contributed by atoms with Crippen molar-refractivity contribution >= 4 is 54.5 Å². The lowest BCUT2D eigenvalue weighted by Crippen LogP contribution is -1.86. The van der Waals surface area contributed by atoms with Crippen molar-refractivity contribution in [2.75, 3.05) is 0 Å². The topological polar surface area (TPSA) is 0 Å². The smallest absolute Gasteiger partial charge is 0.0708 e. The zero-order valence-electron chi connectivity index (χ0n) is 10.3. The Hall–Kier alpha value is -0.420. The van der Waals surface area contributed by atoms with Gasteiger partial charge in [-0.2, -0.15) is 0 Å². The molecule has 1 aromatic carbocycles. The van der Waals surface area contributed by atoms with Crippen LogP contribution in [0.2, 0.25) is 0 Å². The van der Waals surface area contributed by atoms with Crippen LogP contribution in [-0.2, 0) is 12.8 Å². The SMILES string of the molecule is Brc1cc2c(s1)-c1cc3c(cc1C2)-c1sc(Br)cc1C3. The van der Waals surface area contributed by atoms with Crippen molar-refractivity contribution in [2.24, 2.45) is 0 Å². The molecule has 0 spiro atoms. The molecule has 2 aliphatic rings. The molecule has 0 amide bonds. The fourth-order valence-electron chi connectivity index (χ4n) is 3.32. The molecule has 0 atom stereocenters. The summed E-state index contributed by atoms with van der Waals surface area (Å²) in [4.78, 5) is 2.93. The highest BCUT2D eigenvalue weighted by Gasteiger charge is 2.27. The number of halogens is 2. The highest BCUT2D eigenvalue weighted by Crippen LogP contribution is 2.50. The van der Waals surface area contributed by atoms with Crippen LogP contribution in [-0.4, -0.2) is 0 Å². The lowest BCUT2D eigenvalue weighted by Gasteiger charge is -2.05. The molecule has 4 heteroatoms. The lowest BCUT2D eigenvalue weighted by molar-refractivity contribution is 1.24. The maximum Gasteiger partial charge on any atom is 0.0708 e. The van der Waals surface area contributed by atoms with Gasteiger partial charge in [-0.15, -0.1) is 22.7 Å². The van der Waals surface area contributed by atoms with E-state index in [1.165, 1.54) is 50.7 Å². The summed E-state index contributed by atoms with van der Waals surface area (Å²) in [6.45, 7) is 0. The fourth-order valence-corrected chi connectivity index (χ4v) is 6.76. The second-order valence-electron chi connectivity index (χ2n) is 5.33. The summed E-state index contributed by atoms with van der Waals surface area (Å²) in [6.07, 6.45) is 2.17. The van der Waals surface area contributed by atoms with Gasteiger partial charge in [0.05, 0.1) is 7.57 Å². The van der Waals surface area contributed by atoms with Crippen molar-refractivity contribution in [3.05, 3.63) is 54.1 Å². The molecule has 5 rings (SSSR count). The molecule has 0 nitrogen and oxygen atoms in total. The Morgan fingerprint density at radius 3 is 1.55 bits per heavy atom. The Bertz CT molecular complexity index is 812. The zero-order chi connectivity index (χ0) is 13.4. The first-order valence-electron chi connectivity index (χ1n) is 6.42. The maximum absolute atomic E-state index is 3.61. The van der Waals surface area contributed by atoms with Crippen LogP contribution in [0.3, 0.4) is 0 Å². The van der Waals surface area contributed by atoms with Gasteiger partial charge in [-0.3, -0.25) is 0 Å². The summed E-state index contributed by atoms with van der Waals surface area (Å²) < 4.78 is 2.49. The Kier molecular flexibility index (Phi) is 2.47. The maximum atomic E-state index is 3.61. The number of hydrogen-bond donors (Lipinski definition) is 0. The van der Waals surface area contributed by atoms with E-state index in [0.29, 0.717) is 0 Å². The van der Waals surface area contributed by atoms with Gasteiger partial charge in [-0.05, 0) is 102 Å². The molecule has 2 heterocycles. The Morgan fingerprint density at radius 1 is 0.650 bits per heavy atom. The van der Waals surface area contributed by atoms with Gasteiger partial charge in [0, 0.05) is 9.75 Å². The summed E-state index contributed by atoms with van der Waals surface area (Å²) in [7, 11) is 0. The summed E-state index contributed by atoms with van der Waals surface area (Å²) in [5, 5.41) is 0. The van der Waals surface area contributed by atoms with Gasteiger partial charge in [-0.25, -0.2) is 0 Å². The van der Waals surface area contributed by atoms with Crippen molar-refractivity contribution in [2.45, 2.75) is 12.8 Å². The van der Waals surface area contributed by atoms with Crippen molar-refractivity contribution in [1.29, 1.82) is 0 Å². The molecular formula is C16H8Br2S2. The molecule has 0 saturated heterocycles. The minimum atomic E-state index is 1.09. The predicted octanol–water partition coefficient (Wildman–Crippen LogP) is 6.48. The minimum absolute atomic E-state index is 1.09. The number of fused-ring (bicyclic) bond motifs is 6. The molecular weight excluding hydrogens is 416 g/mol. The Balaban J connectivity index is 1.74. The fraction of sp³-hybridized carbons (Fsp3) is 0.125. The van der Waals surface area contributed by atoms with E-state index in [9.17, 15) is 0 Å². The average Bonchev–Trinajstić information content (AvgIpc) is 3.06. The lowest BCUT2D eigenvalue weighted by atomic mass is 10.0. The van der Waals surface area contributed by atoms with Gasteiger partial charge < -0.3 is 0 Å². The number of hydrogen-bond acceptors (Lipinski definition) is 2. The second-order valence-corrected chi connectivity index (χ2v) is 10.2. The van der Waals surface area contributed by atoms with E-state index in [0.717, 1.165) is 12.8 Å². The number of thiophene rings is 2. The standard InChI is InChI=1S/C16H8Br2S2/c17-13-5-9-1-7-3-12-8(4-11(7)15(9)19-13)2-10-6-14(18)20-16(10)12/h3-6H,1-2H2. The molecule has 0 fully saturated rings. The number of benzene rings is 1. The van der Waals surface area contributed by atoms with Gasteiger partial charge in [0.2, 0.25) is 0 Å². The van der Waals surface area contributed by atoms with Crippen molar-refractivity contribution in [3.8, 4) is 20.9 Å². The van der Waals surface area contributed by atoms with Crippen molar-refractivity contribution < 1.29 is 0 Å².